The van der Waals surface area contributed by atoms with Gasteiger partial charge in [-0.25, -0.2) is 12.7 Å². The first-order valence-electron chi connectivity index (χ1n) is 7.61. The molecule has 0 spiro atoms. The number of hydrogen-bond acceptors (Lipinski definition) is 3. The number of nitrogens with zero attached hydrogens (tertiary/aromatic N) is 1. The predicted octanol–water partition coefficient (Wildman–Crippen LogP) is 0.596. The summed E-state index contributed by atoms with van der Waals surface area (Å²) in [5.41, 5.74) is 0.435. The first kappa shape index (κ1) is 18.2. The van der Waals surface area contributed by atoms with Gasteiger partial charge in [-0.05, 0) is 25.1 Å². The fraction of sp³-hybridized carbons (Fsp3) is 0.533. The molecule has 1 aliphatic heterocycles. The third-order valence-corrected chi connectivity index (χ3v) is 6.51. The molecule has 1 heterocycles. The summed E-state index contributed by atoms with van der Waals surface area (Å²) < 4.78 is 25.6. The SMILES string of the molecule is C[C@H](C(=O)Nc1ccc(Cl)c(S(=O)(=O)N(C)C)c1)[NH+]1CCCC1. The summed E-state index contributed by atoms with van der Waals surface area (Å²) in [6, 6.07) is 4.34. The molecule has 23 heavy (non-hydrogen) atoms. The smallest absolute Gasteiger partial charge is 0.282 e. The van der Waals surface area contributed by atoms with Crippen LogP contribution in [0.3, 0.4) is 0 Å². The number of nitrogens with one attached hydrogen (secondary N) is 2. The first-order valence-corrected chi connectivity index (χ1v) is 9.43. The number of halogens is 1. The zero-order chi connectivity index (χ0) is 17.2. The summed E-state index contributed by atoms with van der Waals surface area (Å²) in [6.07, 6.45) is 2.28. The number of quaternary nitrogens is 1. The third kappa shape index (κ3) is 4.03. The molecule has 6 nitrogen and oxygen atoms in total. The van der Waals surface area contributed by atoms with Gasteiger partial charge in [-0.3, -0.25) is 4.79 Å². The Hall–Kier alpha value is -1.15. The molecule has 1 atom stereocenters. The molecule has 1 amide bonds. The van der Waals surface area contributed by atoms with E-state index < -0.39 is 10.0 Å². The van der Waals surface area contributed by atoms with E-state index in [1.165, 1.54) is 31.1 Å². The van der Waals surface area contributed by atoms with E-state index in [2.05, 4.69) is 5.32 Å². The van der Waals surface area contributed by atoms with Crippen LogP contribution in [0.1, 0.15) is 19.8 Å². The van der Waals surface area contributed by atoms with E-state index in [4.69, 9.17) is 11.6 Å². The van der Waals surface area contributed by atoms with Crippen molar-refractivity contribution in [2.75, 3.05) is 32.5 Å². The van der Waals surface area contributed by atoms with Crippen molar-refractivity contribution in [1.29, 1.82) is 0 Å². The van der Waals surface area contributed by atoms with E-state index >= 15 is 0 Å². The quantitative estimate of drug-likeness (QED) is 0.807. The summed E-state index contributed by atoms with van der Waals surface area (Å²) in [7, 11) is -0.776. The normalized spacial score (nSPS) is 17.4. The summed E-state index contributed by atoms with van der Waals surface area (Å²) in [6.45, 7) is 3.88. The monoisotopic (exact) mass is 360 g/mol. The van der Waals surface area contributed by atoms with Gasteiger partial charge in [-0.15, -0.1) is 0 Å². The van der Waals surface area contributed by atoms with Crippen LogP contribution >= 0.6 is 11.6 Å². The molecule has 1 fully saturated rings. The van der Waals surface area contributed by atoms with Gasteiger partial charge in [0, 0.05) is 32.6 Å². The van der Waals surface area contributed by atoms with Gasteiger partial charge in [0.15, 0.2) is 6.04 Å². The maximum Gasteiger partial charge on any atom is 0.282 e. The molecule has 128 valence electrons. The van der Waals surface area contributed by atoms with Crippen LogP contribution in [0.5, 0.6) is 0 Å². The Bertz CT molecular complexity index is 685. The van der Waals surface area contributed by atoms with E-state index in [0.717, 1.165) is 30.2 Å². The molecule has 0 aromatic heterocycles. The Morgan fingerprint density at radius 2 is 1.91 bits per heavy atom. The highest BCUT2D eigenvalue weighted by molar-refractivity contribution is 7.89. The van der Waals surface area contributed by atoms with Crippen molar-refractivity contribution in [3.8, 4) is 0 Å². The maximum atomic E-state index is 12.4. The lowest BCUT2D eigenvalue weighted by molar-refractivity contribution is -0.901. The first-order chi connectivity index (χ1) is 10.7. The van der Waals surface area contributed by atoms with Crippen LogP contribution in [0.15, 0.2) is 23.1 Å². The number of amides is 1. The number of anilines is 1. The van der Waals surface area contributed by atoms with E-state index in [9.17, 15) is 13.2 Å². The van der Waals surface area contributed by atoms with Gasteiger partial charge >= 0.3 is 0 Å². The fourth-order valence-electron chi connectivity index (χ4n) is 2.67. The molecule has 2 N–H and O–H groups in total. The lowest BCUT2D eigenvalue weighted by Crippen LogP contribution is -3.14. The Morgan fingerprint density at radius 1 is 1.30 bits per heavy atom. The van der Waals surface area contributed by atoms with Crippen molar-refractivity contribution < 1.29 is 18.1 Å². The number of sulfonamides is 1. The van der Waals surface area contributed by atoms with Gasteiger partial charge in [-0.1, -0.05) is 11.6 Å². The topological polar surface area (TPSA) is 70.9 Å². The molecule has 1 aromatic rings. The van der Waals surface area contributed by atoms with Crippen LogP contribution in [-0.2, 0) is 14.8 Å². The van der Waals surface area contributed by atoms with E-state index in [0.29, 0.717) is 5.69 Å². The van der Waals surface area contributed by atoms with Crippen LogP contribution in [-0.4, -0.2) is 51.9 Å². The van der Waals surface area contributed by atoms with Gasteiger partial charge in [0.25, 0.3) is 5.91 Å². The number of carbonyl (C=O) groups excluding carboxylic acids is 1. The summed E-state index contributed by atoms with van der Waals surface area (Å²) >= 11 is 6.00. The number of likely N-dealkylation sites (tertiary alicyclic amines) is 1. The number of rotatable bonds is 5. The molecular formula is C15H23ClN3O3S+. The van der Waals surface area contributed by atoms with Crippen LogP contribution < -0.4 is 10.2 Å². The number of carbonyl (C=O) groups is 1. The highest BCUT2D eigenvalue weighted by atomic mass is 35.5. The minimum atomic E-state index is -3.66. The Morgan fingerprint density at radius 3 is 2.48 bits per heavy atom. The van der Waals surface area contributed by atoms with Gasteiger partial charge in [-0.2, -0.15) is 0 Å². The van der Waals surface area contributed by atoms with Gasteiger partial charge in [0.05, 0.1) is 18.1 Å². The largest absolute Gasteiger partial charge is 0.325 e. The van der Waals surface area contributed by atoms with Crippen LogP contribution in [0, 0.1) is 0 Å². The van der Waals surface area contributed by atoms with E-state index in [1.54, 1.807) is 6.07 Å². The Kier molecular flexibility index (Phi) is 5.67. The van der Waals surface area contributed by atoms with E-state index in [-0.39, 0.29) is 21.9 Å². The zero-order valence-electron chi connectivity index (χ0n) is 13.6. The van der Waals surface area contributed by atoms with Crippen molar-refractivity contribution in [3.05, 3.63) is 23.2 Å². The van der Waals surface area contributed by atoms with Crippen LogP contribution in [0.4, 0.5) is 5.69 Å². The minimum Gasteiger partial charge on any atom is -0.325 e. The lowest BCUT2D eigenvalue weighted by Gasteiger charge is -2.20. The fourth-order valence-corrected chi connectivity index (χ4v) is 4.07. The van der Waals surface area contributed by atoms with Crippen molar-refractivity contribution in [2.45, 2.75) is 30.7 Å². The standard InChI is InChI=1S/C15H22ClN3O3S/c1-11(19-8-4-5-9-19)15(20)17-12-6-7-13(16)14(10-12)23(21,22)18(2)3/h6-7,10-11H,4-5,8-9H2,1-3H3,(H,17,20)/p+1/t11-/m1/s1. The second-order valence-corrected chi connectivity index (χ2v) is 8.54. The maximum absolute atomic E-state index is 12.4. The van der Waals surface area contributed by atoms with Gasteiger partial charge in [0.1, 0.15) is 4.90 Å². The van der Waals surface area contributed by atoms with Gasteiger partial charge < -0.3 is 10.2 Å². The number of hydrogen-bond donors (Lipinski definition) is 2. The average molecular weight is 361 g/mol. The van der Waals surface area contributed by atoms with Crippen molar-refractivity contribution >= 4 is 33.2 Å². The molecule has 0 bridgehead atoms. The molecule has 2 rings (SSSR count). The zero-order valence-corrected chi connectivity index (χ0v) is 15.2. The highest BCUT2D eigenvalue weighted by Crippen LogP contribution is 2.26. The lowest BCUT2D eigenvalue weighted by atomic mass is 10.2. The summed E-state index contributed by atoms with van der Waals surface area (Å²) in [5.74, 6) is -0.113. The van der Waals surface area contributed by atoms with Crippen LogP contribution in [0.2, 0.25) is 5.02 Å². The molecule has 0 unspecified atom stereocenters. The Balaban J connectivity index is 2.19. The molecule has 1 saturated heterocycles. The molecule has 8 heteroatoms. The summed E-state index contributed by atoms with van der Waals surface area (Å²) in [5, 5.41) is 2.93. The minimum absolute atomic E-state index is 0.0110. The molecule has 0 saturated carbocycles. The second-order valence-electron chi connectivity index (χ2n) is 6.01. The second kappa shape index (κ2) is 7.17. The van der Waals surface area contributed by atoms with Crippen LogP contribution in [0.25, 0.3) is 0 Å². The molecule has 0 aliphatic carbocycles. The molecule has 1 aromatic carbocycles. The predicted molar refractivity (Wildman–Crippen MR) is 90.3 cm³/mol. The van der Waals surface area contributed by atoms with Crippen molar-refractivity contribution in [1.82, 2.24) is 4.31 Å². The highest BCUT2D eigenvalue weighted by Gasteiger charge is 2.28. The third-order valence-electron chi connectivity index (χ3n) is 4.21. The van der Waals surface area contributed by atoms with E-state index in [1.807, 2.05) is 6.92 Å². The van der Waals surface area contributed by atoms with Crippen molar-refractivity contribution in [3.63, 3.8) is 0 Å². The number of benzene rings is 1. The molecule has 0 radical (unpaired) electrons. The summed E-state index contributed by atoms with van der Waals surface area (Å²) in [4.78, 5) is 13.6. The van der Waals surface area contributed by atoms with Gasteiger partial charge in [0.2, 0.25) is 10.0 Å². The van der Waals surface area contributed by atoms with Crippen molar-refractivity contribution in [2.24, 2.45) is 0 Å². The molecule has 1 aliphatic rings. The molecular weight excluding hydrogens is 338 g/mol. The Labute approximate surface area is 142 Å². The average Bonchev–Trinajstić information content (AvgIpc) is 3.02.